The molecule has 0 radical (unpaired) electrons. The molecule has 0 bridgehead atoms. The molecule has 0 amide bonds. The summed E-state index contributed by atoms with van der Waals surface area (Å²) in [5.41, 5.74) is 5.05. The fourth-order valence-corrected chi connectivity index (χ4v) is 0.722. The molecule has 0 aliphatic heterocycles. The van der Waals surface area contributed by atoms with Gasteiger partial charge in [0.2, 0.25) is 0 Å². The molecule has 2 N–H and O–H groups in total. The van der Waals surface area contributed by atoms with Crippen LogP contribution >= 0.6 is 0 Å². The van der Waals surface area contributed by atoms with Crippen molar-refractivity contribution in [1.29, 1.82) is 0 Å². The van der Waals surface area contributed by atoms with E-state index in [1.165, 1.54) is 6.92 Å². The van der Waals surface area contributed by atoms with E-state index in [4.69, 9.17) is 5.73 Å². The van der Waals surface area contributed by atoms with E-state index < -0.39 is 11.9 Å². The van der Waals surface area contributed by atoms with Crippen LogP contribution in [0.1, 0.15) is 11.3 Å². The third-order valence-corrected chi connectivity index (χ3v) is 1.44. The summed E-state index contributed by atoms with van der Waals surface area (Å²) in [6.45, 7) is 1.51. The van der Waals surface area contributed by atoms with Crippen molar-refractivity contribution in [3.05, 3.63) is 23.5 Å². The van der Waals surface area contributed by atoms with Crippen molar-refractivity contribution >= 4 is 5.69 Å². The van der Waals surface area contributed by atoms with Crippen LogP contribution in [-0.2, 0) is 6.18 Å². The molecule has 0 aromatic carbocycles. The predicted molar refractivity (Wildman–Crippen MR) is 38.4 cm³/mol. The zero-order chi connectivity index (χ0) is 9.35. The van der Waals surface area contributed by atoms with Crippen LogP contribution in [0, 0.1) is 6.92 Å². The van der Waals surface area contributed by atoms with E-state index in [1.807, 2.05) is 0 Å². The van der Waals surface area contributed by atoms with Crippen molar-refractivity contribution in [2.24, 2.45) is 0 Å². The van der Waals surface area contributed by atoms with Crippen LogP contribution in [0.3, 0.4) is 0 Å². The monoisotopic (exact) mass is 176 g/mol. The van der Waals surface area contributed by atoms with Gasteiger partial charge in [-0.3, -0.25) is 0 Å². The first-order chi connectivity index (χ1) is 5.41. The number of alkyl halides is 3. The van der Waals surface area contributed by atoms with Gasteiger partial charge in [0.15, 0.2) is 0 Å². The van der Waals surface area contributed by atoms with Crippen LogP contribution in [0.2, 0.25) is 0 Å². The summed E-state index contributed by atoms with van der Waals surface area (Å²) in [6, 6.07) is 0.926. The standard InChI is InChI=1S/C7H7F3N2/c1-4-2-6(7(8,9)10)12-3-5(4)11/h2-3H,11H2,1H3. The summed E-state index contributed by atoms with van der Waals surface area (Å²) in [6.07, 6.45) is -3.38. The lowest BCUT2D eigenvalue weighted by Crippen LogP contribution is -2.08. The molecule has 5 heteroatoms. The van der Waals surface area contributed by atoms with Gasteiger partial charge in [-0.2, -0.15) is 13.2 Å². The first-order valence-corrected chi connectivity index (χ1v) is 3.20. The molecule has 1 aromatic rings. The second kappa shape index (κ2) is 2.66. The molecular formula is C7H7F3N2. The molecule has 0 spiro atoms. The SMILES string of the molecule is Cc1cc(C(F)(F)F)ncc1N. The number of aryl methyl sites for hydroxylation is 1. The number of rotatable bonds is 0. The summed E-state index contributed by atoms with van der Waals surface area (Å²) in [5.74, 6) is 0. The molecule has 66 valence electrons. The second-order valence-electron chi connectivity index (χ2n) is 2.42. The van der Waals surface area contributed by atoms with Gasteiger partial charge in [0.1, 0.15) is 5.69 Å². The second-order valence-corrected chi connectivity index (χ2v) is 2.42. The van der Waals surface area contributed by atoms with E-state index in [9.17, 15) is 13.2 Å². The molecule has 0 fully saturated rings. The maximum atomic E-state index is 12.0. The van der Waals surface area contributed by atoms with Gasteiger partial charge in [0, 0.05) is 0 Å². The van der Waals surface area contributed by atoms with Crippen molar-refractivity contribution in [3.8, 4) is 0 Å². The van der Waals surface area contributed by atoms with Crippen molar-refractivity contribution in [3.63, 3.8) is 0 Å². The van der Waals surface area contributed by atoms with Crippen molar-refractivity contribution < 1.29 is 13.2 Å². The number of anilines is 1. The van der Waals surface area contributed by atoms with E-state index in [1.54, 1.807) is 0 Å². The Labute approximate surface area is 67.2 Å². The topological polar surface area (TPSA) is 38.9 Å². The number of nitrogens with zero attached hydrogens (tertiary/aromatic N) is 1. The van der Waals surface area contributed by atoms with Gasteiger partial charge in [-0.05, 0) is 18.6 Å². The third kappa shape index (κ3) is 1.66. The average molecular weight is 176 g/mol. The Bertz CT molecular complexity index is 293. The summed E-state index contributed by atoms with van der Waals surface area (Å²) >= 11 is 0. The maximum absolute atomic E-state index is 12.0. The van der Waals surface area contributed by atoms with E-state index in [-0.39, 0.29) is 5.69 Å². The lowest BCUT2D eigenvalue weighted by Gasteiger charge is -2.06. The van der Waals surface area contributed by atoms with Crippen LogP contribution in [0.25, 0.3) is 0 Å². The fraction of sp³-hybridized carbons (Fsp3) is 0.286. The van der Waals surface area contributed by atoms with Gasteiger partial charge in [-0.1, -0.05) is 0 Å². The minimum atomic E-state index is -4.39. The molecule has 12 heavy (non-hydrogen) atoms. The zero-order valence-corrected chi connectivity index (χ0v) is 6.31. The molecule has 0 aliphatic rings. The normalized spacial score (nSPS) is 11.7. The molecule has 0 saturated heterocycles. The number of nitrogens with two attached hydrogens (primary N) is 1. The average Bonchev–Trinajstić information content (AvgIpc) is 1.92. The Hall–Kier alpha value is -1.26. The van der Waals surface area contributed by atoms with Gasteiger partial charge < -0.3 is 5.73 Å². The number of pyridine rings is 1. The van der Waals surface area contributed by atoms with Crippen molar-refractivity contribution in [1.82, 2.24) is 4.98 Å². The summed E-state index contributed by atoms with van der Waals surface area (Å²) < 4.78 is 36.0. The molecule has 1 aromatic heterocycles. The van der Waals surface area contributed by atoms with Crippen molar-refractivity contribution in [2.45, 2.75) is 13.1 Å². The fourth-order valence-electron chi connectivity index (χ4n) is 0.722. The Morgan fingerprint density at radius 1 is 1.42 bits per heavy atom. The van der Waals surface area contributed by atoms with Crippen LogP contribution in [0.5, 0.6) is 0 Å². The lowest BCUT2D eigenvalue weighted by atomic mass is 10.2. The Kier molecular flexibility index (Phi) is 1.95. The maximum Gasteiger partial charge on any atom is 0.433 e. The molecule has 0 saturated carbocycles. The number of hydrogen-bond donors (Lipinski definition) is 1. The smallest absolute Gasteiger partial charge is 0.397 e. The highest BCUT2D eigenvalue weighted by atomic mass is 19.4. The lowest BCUT2D eigenvalue weighted by molar-refractivity contribution is -0.141. The molecule has 2 nitrogen and oxygen atoms in total. The first-order valence-electron chi connectivity index (χ1n) is 3.20. The molecular weight excluding hydrogens is 169 g/mol. The van der Waals surface area contributed by atoms with Gasteiger partial charge in [0.05, 0.1) is 11.9 Å². The molecule has 0 unspecified atom stereocenters. The highest BCUT2D eigenvalue weighted by Gasteiger charge is 2.32. The number of hydrogen-bond acceptors (Lipinski definition) is 2. The van der Waals surface area contributed by atoms with Gasteiger partial charge in [0.25, 0.3) is 0 Å². The molecule has 0 atom stereocenters. The summed E-state index contributed by atoms with van der Waals surface area (Å²) in [5, 5.41) is 0. The zero-order valence-electron chi connectivity index (χ0n) is 6.31. The Morgan fingerprint density at radius 3 is 2.42 bits per heavy atom. The van der Waals surface area contributed by atoms with Crippen molar-refractivity contribution in [2.75, 3.05) is 5.73 Å². The van der Waals surface area contributed by atoms with Gasteiger partial charge >= 0.3 is 6.18 Å². The highest BCUT2D eigenvalue weighted by molar-refractivity contribution is 5.44. The predicted octanol–water partition coefficient (Wildman–Crippen LogP) is 1.99. The van der Waals surface area contributed by atoms with Crippen LogP contribution in [0.15, 0.2) is 12.3 Å². The van der Waals surface area contributed by atoms with E-state index in [0.717, 1.165) is 12.3 Å². The highest BCUT2D eigenvalue weighted by Crippen LogP contribution is 2.28. The first kappa shape index (κ1) is 8.83. The number of nitrogen functional groups attached to an aromatic ring is 1. The Balaban J connectivity index is 3.14. The van der Waals surface area contributed by atoms with Gasteiger partial charge in [-0.15, -0.1) is 0 Å². The van der Waals surface area contributed by atoms with E-state index in [2.05, 4.69) is 4.98 Å². The van der Waals surface area contributed by atoms with Gasteiger partial charge in [-0.25, -0.2) is 4.98 Å². The summed E-state index contributed by atoms with van der Waals surface area (Å²) in [4.78, 5) is 3.16. The minimum Gasteiger partial charge on any atom is -0.397 e. The molecule has 1 rings (SSSR count). The molecule has 0 aliphatic carbocycles. The molecule has 1 heterocycles. The third-order valence-electron chi connectivity index (χ3n) is 1.44. The largest absolute Gasteiger partial charge is 0.433 e. The van der Waals surface area contributed by atoms with E-state index >= 15 is 0 Å². The van der Waals surface area contributed by atoms with Crippen LogP contribution in [-0.4, -0.2) is 4.98 Å². The van der Waals surface area contributed by atoms with E-state index in [0.29, 0.717) is 5.56 Å². The quantitative estimate of drug-likeness (QED) is 0.656. The number of halogens is 3. The van der Waals surface area contributed by atoms with Crippen LogP contribution in [0.4, 0.5) is 18.9 Å². The van der Waals surface area contributed by atoms with Crippen LogP contribution < -0.4 is 5.73 Å². The summed E-state index contributed by atoms with van der Waals surface area (Å²) in [7, 11) is 0. The number of aromatic nitrogens is 1. The minimum absolute atomic E-state index is 0.267. The Morgan fingerprint density at radius 2 is 2.00 bits per heavy atom.